The second-order valence-corrected chi connectivity index (χ2v) is 6.54. The van der Waals surface area contributed by atoms with Crippen LogP contribution in [-0.2, 0) is 0 Å². The number of anilines is 1. The Morgan fingerprint density at radius 3 is 2.42 bits per heavy atom. The lowest BCUT2D eigenvalue weighted by Gasteiger charge is -2.28. The zero-order valence-corrected chi connectivity index (χ0v) is 14.6. The average molecular weight is 341 g/mol. The third kappa shape index (κ3) is 4.04. The number of ketones is 1. The van der Waals surface area contributed by atoms with Crippen LogP contribution in [0.1, 0.15) is 35.2 Å². The van der Waals surface area contributed by atoms with Crippen molar-refractivity contribution in [2.75, 3.05) is 18.0 Å². The minimum atomic E-state index is 0.0699. The van der Waals surface area contributed by atoms with Gasteiger partial charge in [0.1, 0.15) is 5.84 Å². The van der Waals surface area contributed by atoms with Crippen LogP contribution >= 0.6 is 11.6 Å². The number of amidine groups is 1. The van der Waals surface area contributed by atoms with Gasteiger partial charge in [-0.3, -0.25) is 9.79 Å². The van der Waals surface area contributed by atoms with Gasteiger partial charge in [-0.25, -0.2) is 0 Å². The minimum Gasteiger partial charge on any atom is -0.322 e. The number of benzene rings is 2. The Balaban J connectivity index is 1.86. The molecule has 24 heavy (non-hydrogen) atoms. The van der Waals surface area contributed by atoms with Crippen molar-refractivity contribution in [3.63, 3.8) is 0 Å². The zero-order valence-electron chi connectivity index (χ0n) is 13.8. The Morgan fingerprint density at radius 2 is 1.79 bits per heavy atom. The van der Waals surface area contributed by atoms with Crippen molar-refractivity contribution in [2.24, 2.45) is 4.99 Å². The molecule has 1 aliphatic heterocycles. The number of nitrogens with zero attached hydrogens (tertiary/aromatic N) is 2. The highest BCUT2D eigenvalue weighted by Gasteiger charge is 2.19. The summed E-state index contributed by atoms with van der Waals surface area (Å²) in [6.07, 6.45) is 3.16. The first kappa shape index (κ1) is 16.7. The van der Waals surface area contributed by atoms with Crippen LogP contribution in [0.5, 0.6) is 0 Å². The van der Waals surface area contributed by atoms with Gasteiger partial charge in [0.2, 0.25) is 0 Å². The van der Waals surface area contributed by atoms with E-state index in [1.54, 1.807) is 24.3 Å². The molecule has 0 bridgehead atoms. The van der Waals surface area contributed by atoms with E-state index in [1.165, 1.54) is 5.56 Å². The van der Waals surface area contributed by atoms with Gasteiger partial charge in [-0.2, -0.15) is 0 Å². The summed E-state index contributed by atoms with van der Waals surface area (Å²) in [5, 5.41) is 0.638. The molecule has 124 valence electrons. The number of aliphatic imine (C=N–C) groups is 1. The summed E-state index contributed by atoms with van der Waals surface area (Å²) in [7, 11) is 0. The normalized spacial score (nSPS) is 14.2. The number of carbonyl (C=O) groups is 1. The first-order chi connectivity index (χ1) is 11.6. The van der Waals surface area contributed by atoms with E-state index in [9.17, 15) is 4.79 Å². The highest BCUT2D eigenvalue weighted by Crippen LogP contribution is 2.21. The fraction of sp³-hybridized carbons (Fsp3) is 0.300. The molecule has 1 heterocycles. The predicted molar refractivity (Wildman–Crippen MR) is 100 cm³/mol. The molecule has 0 spiro atoms. The van der Waals surface area contributed by atoms with E-state index in [1.807, 2.05) is 0 Å². The number of halogens is 1. The lowest BCUT2D eigenvalue weighted by atomic mass is 10.1. The van der Waals surface area contributed by atoms with Crippen LogP contribution in [0.3, 0.4) is 0 Å². The van der Waals surface area contributed by atoms with Crippen LogP contribution < -0.4 is 4.90 Å². The molecular weight excluding hydrogens is 320 g/mol. The van der Waals surface area contributed by atoms with Crippen molar-refractivity contribution >= 4 is 28.9 Å². The van der Waals surface area contributed by atoms with Crippen molar-refractivity contribution in [3.05, 3.63) is 64.7 Å². The number of carbonyl (C=O) groups excluding carboxylic acids is 1. The molecule has 4 heteroatoms. The average Bonchev–Trinajstić information content (AvgIpc) is 2.62. The smallest absolute Gasteiger partial charge is 0.182 e. The predicted octanol–water partition coefficient (Wildman–Crippen LogP) is 4.92. The van der Waals surface area contributed by atoms with Gasteiger partial charge in [-0.05, 0) is 56.2 Å². The van der Waals surface area contributed by atoms with E-state index in [4.69, 9.17) is 11.6 Å². The SMILES string of the molecule is Cc1ccc(N(CC(=O)c2ccc(Cl)cc2)C2=NCCCC2)cc1. The van der Waals surface area contributed by atoms with E-state index in [0.717, 1.165) is 37.3 Å². The second-order valence-electron chi connectivity index (χ2n) is 6.11. The minimum absolute atomic E-state index is 0.0699. The van der Waals surface area contributed by atoms with Crippen molar-refractivity contribution in [2.45, 2.75) is 26.2 Å². The van der Waals surface area contributed by atoms with Gasteiger partial charge in [0.25, 0.3) is 0 Å². The summed E-state index contributed by atoms with van der Waals surface area (Å²) in [5.41, 5.74) is 2.89. The Morgan fingerprint density at radius 1 is 1.08 bits per heavy atom. The molecule has 3 rings (SSSR count). The fourth-order valence-electron chi connectivity index (χ4n) is 2.83. The maximum absolute atomic E-state index is 12.7. The zero-order chi connectivity index (χ0) is 16.9. The van der Waals surface area contributed by atoms with Crippen LogP contribution in [-0.4, -0.2) is 24.7 Å². The largest absolute Gasteiger partial charge is 0.322 e. The first-order valence-corrected chi connectivity index (χ1v) is 8.67. The molecule has 0 N–H and O–H groups in total. The molecule has 2 aromatic rings. The van der Waals surface area contributed by atoms with Crippen molar-refractivity contribution < 1.29 is 4.79 Å². The third-order valence-corrected chi connectivity index (χ3v) is 4.48. The van der Waals surface area contributed by atoms with E-state index in [-0.39, 0.29) is 5.78 Å². The van der Waals surface area contributed by atoms with Gasteiger partial charge >= 0.3 is 0 Å². The van der Waals surface area contributed by atoms with Gasteiger partial charge in [0, 0.05) is 29.2 Å². The summed E-state index contributed by atoms with van der Waals surface area (Å²) in [5.74, 6) is 1.08. The molecule has 0 aliphatic carbocycles. The highest BCUT2D eigenvalue weighted by molar-refractivity contribution is 6.30. The summed E-state index contributed by atoms with van der Waals surface area (Å²) in [4.78, 5) is 19.4. The topological polar surface area (TPSA) is 32.7 Å². The molecule has 3 nitrogen and oxygen atoms in total. The molecule has 0 saturated carbocycles. The molecular formula is C20H21ClN2O. The van der Waals surface area contributed by atoms with Gasteiger partial charge in [-0.15, -0.1) is 0 Å². The first-order valence-electron chi connectivity index (χ1n) is 8.30. The molecule has 0 unspecified atom stereocenters. The summed E-state index contributed by atoms with van der Waals surface area (Å²) in [6, 6.07) is 15.3. The number of hydrogen-bond donors (Lipinski definition) is 0. The Hall–Kier alpha value is -2.13. The van der Waals surface area contributed by atoms with E-state index in [2.05, 4.69) is 41.1 Å². The third-order valence-electron chi connectivity index (χ3n) is 4.23. The van der Waals surface area contributed by atoms with Gasteiger partial charge < -0.3 is 4.90 Å². The molecule has 0 fully saturated rings. The molecule has 0 atom stereocenters. The number of hydrogen-bond acceptors (Lipinski definition) is 3. The number of aryl methyl sites for hydroxylation is 1. The lowest BCUT2D eigenvalue weighted by molar-refractivity contribution is 0.100. The van der Waals surface area contributed by atoms with Gasteiger partial charge in [-0.1, -0.05) is 29.3 Å². The number of Topliss-reactive ketones (excluding diaryl/α,β-unsaturated/α-hetero) is 1. The van der Waals surface area contributed by atoms with Crippen LogP contribution in [0.25, 0.3) is 0 Å². The van der Waals surface area contributed by atoms with E-state index in [0.29, 0.717) is 17.1 Å². The van der Waals surface area contributed by atoms with Crippen LogP contribution in [0.4, 0.5) is 5.69 Å². The molecule has 0 radical (unpaired) electrons. The maximum Gasteiger partial charge on any atom is 0.182 e. The second kappa shape index (κ2) is 7.63. The fourth-order valence-corrected chi connectivity index (χ4v) is 2.96. The van der Waals surface area contributed by atoms with Gasteiger partial charge in [0.05, 0.1) is 6.54 Å². The van der Waals surface area contributed by atoms with Crippen LogP contribution in [0.2, 0.25) is 5.02 Å². The molecule has 0 saturated heterocycles. The summed E-state index contributed by atoms with van der Waals surface area (Å²) >= 11 is 5.91. The van der Waals surface area contributed by atoms with E-state index >= 15 is 0 Å². The summed E-state index contributed by atoms with van der Waals surface area (Å²) in [6.45, 7) is 3.20. The molecule has 0 aromatic heterocycles. The Labute approximate surface area is 148 Å². The molecule has 1 aliphatic rings. The maximum atomic E-state index is 12.7. The number of rotatable bonds is 4. The molecule has 2 aromatic carbocycles. The standard InChI is InChI=1S/C20H21ClN2O/c1-15-5-11-18(12-6-15)23(20-4-2-3-13-22-20)14-19(24)16-7-9-17(21)10-8-16/h5-12H,2-4,13-14H2,1H3. The highest BCUT2D eigenvalue weighted by atomic mass is 35.5. The monoisotopic (exact) mass is 340 g/mol. The van der Waals surface area contributed by atoms with Crippen LogP contribution in [0, 0.1) is 6.92 Å². The molecule has 0 amide bonds. The van der Waals surface area contributed by atoms with Crippen molar-refractivity contribution in [3.8, 4) is 0 Å². The van der Waals surface area contributed by atoms with E-state index < -0.39 is 0 Å². The Bertz CT molecular complexity index is 735. The quantitative estimate of drug-likeness (QED) is 0.740. The lowest BCUT2D eigenvalue weighted by Crippen LogP contribution is -2.37. The van der Waals surface area contributed by atoms with Crippen LogP contribution in [0.15, 0.2) is 53.5 Å². The van der Waals surface area contributed by atoms with Gasteiger partial charge in [0.15, 0.2) is 5.78 Å². The van der Waals surface area contributed by atoms with Crippen molar-refractivity contribution in [1.82, 2.24) is 0 Å². The van der Waals surface area contributed by atoms with Crippen molar-refractivity contribution in [1.29, 1.82) is 0 Å². The Kier molecular flexibility index (Phi) is 5.31. The summed E-state index contributed by atoms with van der Waals surface area (Å²) < 4.78 is 0.